The van der Waals surface area contributed by atoms with Gasteiger partial charge in [0.05, 0.1) is 7.11 Å². The van der Waals surface area contributed by atoms with E-state index in [2.05, 4.69) is 5.32 Å². The summed E-state index contributed by atoms with van der Waals surface area (Å²) in [7, 11) is -2.68. The number of benzene rings is 2. The Bertz CT molecular complexity index is 837. The van der Waals surface area contributed by atoms with Gasteiger partial charge in [0.1, 0.15) is 10.6 Å². The molecule has 0 aromatic heterocycles. The fourth-order valence-electron chi connectivity index (χ4n) is 1.96. The third-order valence-electron chi connectivity index (χ3n) is 3.13. The first-order valence-electron chi connectivity index (χ1n) is 6.55. The molecule has 0 unspecified atom stereocenters. The van der Waals surface area contributed by atoms with E-state index in [1.807, 2.05) is 0 Å². The lowest BCUT2D eigenvalue weighted by Crippen LogP contribution is -2.23. The van der Waals surface area contributed by atoms with Crippen LogP contribution in [0, 0.1) is 0 Å². The molecule has 6 nitrogen and oxygen atoms in total. The largest absolute Gasteiger partial charge is 0.495 e. The van der Waals surface area contributed by atoms with Gasteiger partial charge in [-0.3, -0.25) is 4.79 Å². The SMILES string of the molecule is COc1ccc(C(=O)NCc2ccccc2Cl)cc1S(N)(=O)=O. The maximum absolute atomic E-state index is 12.2. The lowest BCUT2D eigenvalue weighted by atomic mass is 10.2. The number of hydrogen-bond donors (Lipinski definition) is 2. The third-order valence-corrected chi connectivity index (χ3v) is 4.43. The van der Waals surface area contributed by atoms with Gasteiger partial charge in [0.15, 0.2) is 0 Å². The zero-order valence-electron chi connectivity index (χ0n) is 12.2. The monoisotopic (exact) mass is 354 g/mol. The van der Waals surface area contributed by atoms with Gasteiger partial charge in [0, 0.05) is 17.1 Å². The first-order chi connectivity index (χ1) is 10.8. The highest BCUT2D eigenvalue weighted by Crippen LogP contribution is 2.23. The average Bonchev–Trinajstić information content (AvgIpc) is 2.52. The van der Waals surface area contributed by atoms with Gasteiger partial charge in [0.25, 0.3) is 5.91 Å². The van der Waals surface area contributed by atoms with Crippen LogP contribution in [0.5, 0.6) is 5.75 Å². The fraction of sp³-hybridized carbons (Fsp3) is 0.133. The minimum absolute atomic E-state index is 0.0788. The second-order valence-electron chi connectivity index (χ2n) is 4.68. The molecule has 0 aliphatic rings. The van der Waals surface area contributed by atoms with Crippen LogP contribution in [0.15, 0.2) is 47.4 Å². The number of nitrogens with two attached hydrogens (primary N) is 1. The van der Waals surface area contributed by atoms with Gasteiger partial charge in [-0.2, -0.15) is 0 Å². The first kappa shape index (κ1) is 17.3. The van der Waals surface area contributed by atoms with Crippen molar-refractivity contribution in [1.82, 2.24) is 5.32 Å². The number of ether oxygens (including phenoxy) is 1. The molecule has 0 bridgehead atoms. The zero-order chi connectivity index (χ0) is 17.0. The summed E-state index contributed by atoms with van der Waals surface area (Å²) in [5.74, 6) is -0.368. The van der Waals surface area contributed by atoms with Crippen molar-refractivity contribution in [3.05, 3.63) is 58.6 Å². The van der Waals surface area contributed by atoms with Gasteiger partial charge in [-0.05, 0) is 29.8 Å². The summed E-state index contributed by atoms with van der Waals surface area (Å²) >= 11 is 6.01. The number of carbonyl (C=O) groups excluding carboxylic acids is 1. The summed E-state index contributed by atoms with van der Waals surface area (Å²) in [6.07, 6.45) is 0. The van der Waals surface area contributed by atoms with E-state index in [-0.39, 0.29) is 22.8 Å². The molecule has 0 spiro atoms. The minimum Gasteiger partial charge on any atom is -0.495 e. The summed E-state index contributed by atoms with van der Waals surface area (Å²) in [4.78, 5) is 11.9. The van der Waals surface area contributed by atoms with E-state index in [9.17, 15) is 13.2 Å². The van der Waals surface area contributed by atoms with Crippen LogP contribution in [0.4, 0.5) is 0 Å². The number of nitrogens with one attached hydrogen (secondary N) is 1. The van der Waals surface area contributed by atoms with Gasteiger partial charge < -0.3 is 10.1 Å². The second kappa shape index (κ2) is 6.99. The first-order valence-corrected chi connectivity index (χ1v) is 8.48. The van der Waals surface area contributed by atoms with E-state index in [0.29, 0.717) is 5.02 Å². The molecule has 2 aromatic carbocycles. The zero-order valence-corrected chi connectivity index (χ0v) is 13.8. The Kier molecular flexibility index (Phi) is 5.25. The van der Waals surface area contributed by atoms with Crippen LogP contribution in [0.2, 0.25) is 5.02 Å². The summed E-state index contributed by atoms with van der Waals surface area (Å²) < 4.78 is 28.1. The van der Waals surface area contributed by atoms with Crippen LogP contribution in [-0.2, 0) is 16.6 Å². The van der Waals surface area contributed by atoms with Gasteiger partial charge in [-0.15, -0.1) is 0 Å². The fourth-order valence-corrected chi connectivity index (χ4v) is 2.89. The van der Waals surface area contributed by atoms with Crippen LogP contribution in [0.25, 0.3) is 0 Å². The van der Waals surface area contributed by atoms with Crippen LogP contribution in [0.1, 0.15) is 15.9 Å². The maximum Gasteiger partial charge on any atom is 0.251 e. The molecule has 0 saturated heterocycles. The molecule has 3 N–H and O–H groups in total. The van der Waals surface area contributed by atoms with E-state index >= 15 is 0 Å². The Hall–Kier alpha value is -2.09. The quantitative estimate of drug-likeness (QED) is 0.857. The third kappa shape index (κ3) is 4.22. The van der Waals surface area contributed by atoms with Crippen molar-refractivity contribution in [1.29, 1.82) is 0 Å². The highest BCUT2D eigenvalue weighted by atomic mass is 35.5. The topological polar surface area (TPSA) is 98.5 Å². The van der Waals surface area contributed by atoms with Gasteiger partial charge >= 0.3 is 0 Å². The van der Waals surface area contributed by atoms with E-state index in [0.717, 1.165) is 5.56 Å². The Morgan fingerprint density at radius 1 is 1.26 bits per heavy atom. The van der Waals surface area contributed by atoms with Crippen molar-refractivity contribution in [3.8, 4) is 5.75 Å². The van der Waals surface area contributed by atoms with Crippen molar-refractivity contribution in [2.45, 2.75) is 11.4 Å². The molecular weight excluding hydrogens is 340 g/mol. The standard InChI is InChI=1S/C15H15ClN2O4S/c1-22-13-7-6-10(8-14(13)23(17,20)21)15(19)18-9-11-4-2-3-5-12(11)16/h2-8H,9H2,1H3,(H,18,19)(H2,17,20,21). The number of amides is 1. The predicted octanol–water partition coefficient (Wildman–Crippen LogP) is 1.93. The summed E-state index contributed by atoms with van der Waals surface area (Å²) in [6, 6.07) is 11.1. The molecule has 1 amide bonds. The summed E-state index contributed by atoms with van der Waals surface area (Å²) in [6.45, 7) is 0.218. The molecule has 0 fully saturated rings. The van der Waals surface area contributed by atoms with Crippen LogP contribution in [0.3, 0.4) is 0 Å². The van der Waals surface area contributed by atoms with Crippen molar-refractivity contribution in [3.63, 3.8) is 0 Å². The molecule has 2 rings (SSSR count). The highest BCUT2D eigenvalue weighted by molar-refractivity contribution is 7.89. The molecule has 8 heteroatoms. The van der Waals surface area contributed by atoms with E-state index in [1.54, 1.807) is 24.3 Å². The van der Waals surface area contributed by atoms with Crippen molar-refractivity contribution >= 4 is 27.5 Å². The predicted molar refractivity (Wildman–Crippen MR) is 87.0 cm³/mol. The number of rotatable bonds is 5. The lowest BCUT2D eigenvalue weighted by Gasteiger charge is -2.10. The minimum atomic E-state index is -4.00. The lowest BCUT2D eigenvalue weighted by molar-refractivity contribution is 0.0950. The van der Waals surface area contributed by atoms with Crippen LogP contribution in [-0.4, -0.2) is 21.4 Å². The normalized spacial score (nSPS) is 11.1. The average molecular weight is 355 g/mol. The Morgan fingerprint density at radius 3 is 2.57 bits per heavy atom. The van der Waals surface area contributed by atoms with Crippen LogP contribution >= 0.6 is 11.6 Å². The molecule has 0 saturated carbocycles. The molecular formula is C15H15ClN2O4S. The van der Waals surface area contributed by atoms with Crippen molar-refractivity contribution in [2.75, 3.05) is 7.11 Å². The molecule has 0 aliphatic carbocycles. The second-order valence-corrected chi connectivity index (χ2v) is 6.62. The van der Waals surface area contributed by atoms with Gasteiger partial charge in [0.2, 0.25) is 10.0 Å². The molecule has 0 atom stereocenters. The number of halogens is 1. The van der Waals surface area contributed by atoms with Crippen molar-refractivity contribution in [2.24, 2.45) is 5.14 Å². The number of hydrogen-bond acceptors (Lipinski definition) is 4. The highest BCUT2D eigenvalue weighted by Gasteiger charge is 2.18. The molecule has 0 aliphatic heterocycles. The summed E-state index contributed by atoms with van der Waals surface area (Å²) in [5.41, 5.74) is 0.907. The molecule has 0 heterocycles. The molecule has 23 heavy (non-hydrogen) atoms. The number of methoxy groups -OCH3 is 1. The smallest absolute Gasteiger partial charge is 0.251 e. The van der Waals surface area contributed by atoms with Gasteiger partial charge in [-0.1, -0.05) is 29.8 Å². The Balaban J connectivity index is 2.22. The Labute approximate surface area is 139 Å². The van der Waals surface area contributed by atoms with Gasteiger partial charge in [-0.25, -0.2) is 13.6 Å². The van der Waals surface area contributed by atoms with Crippen LogP contribution < -0.4 is 15.2 Å². The van der Waals surface area contributed by atoms with E-state index in [4.69, 9.17) is 21.5 Å². The van der Waals surface area contributed by atoms with Crippen molar-refractivity contribution < 1.29 is 17.9 Å². The number of carbonyl (C=O) groups is 1. The Morgan fingerprint density at radius 2 is 1.96 bits per heavy atom. The molecule has 2 aromatic rings. The van der Waals surface area contributed by atoms with E-state index in [1.165, 1.54) is 25.3 Å². The maximum atomic E-state index is 12.2. The molecule has 0 radical (unpaired) electrons. The summed E-state index contributed by atoms with van der Waals surface area (Å²) in [5, 5.41) is 8.34. The van der Waals surface area contributed by atoms with E-state index < -0.39 is 15.9 Å². The number of sulfonamides is 1. The molecule has 122 valence electrons. The number of primary sulfonamides is 1.